The summed E-state index contributed by atoms with van der Waals surface area (Å²) in [5.41, 5.74) is 0. The first-order chi connectivity index (χ1) is 6.13. The zero-order chi connectivity index (χ0) is 10.3. The van der Waals surface area contributed by atoms with Gasteiger partial charge in [0.1, 0.15) is 12.7 Å². The van der Waals surface area contributed by atoms with Crippen molar-refractivity contribution in [3.05, 3.63) is 10.1 Å². The van der Waals surface area contributed by atoms with Crippen LogP contribution in [0.1, 0.15) is 32.6 Å². The molecule has 0 radical (unpaired) electrons. The molecule has 0 spiro atoms. The van der Waals surface area contributed by atoms with E-state index in [0.717, 1.165) is 19.3 Å². The molecule has 0 aliphatic carbocycles. The van der Waals surface area contributed by atoms with Crippen molar-refractivity contribution >= 4 is 0 Å². The monoisotopic (exact) mass is 191 g/mol. The maximum Gasteiger partial charge on any atom is 0.261 e. The normalized spacial score (nSPS) is 15.3. The Hall–Kier alpha value is -0.680. The number of hydrogen-bond donors (Lipinski definition) is 2. The van der Waals surface area contributed by atoms with Crippen LogP contribution in [0.4, 0.5) is 0 Å². The molecule has 0 saturated carbocycles. The number of hydrogen-bond acceptors (Lipinski definition) is 4. The molecule has 0 rings (SSSR count). The molecule has 0 aliphatic rings. The maximum atomic E-state index is 10.3. The van der Waals surface area contributed by atoms with E-state index in [-0.39, 0.29) is 0 Å². The quantitative estimate of drug-likeness (QED) is 0.350. The van der Waals surface area contributed by atoms with Crippen LogP contribution in [-0.2, 0) is 0 Å². The van der Waals surface area contributed by atoms with Gasteiger partial charge in [-0.15, -0.1) is 0 Å². The van der Waals surface area contributed by atoms with Crippen LogP contribution in [0.2, 0.25) is 0 Å². The molecule has 0 aromatic carbocycles. The molecular formula is C8H17NO4. The molecule has 0 aromatic heterocycles. The highest BCUT2D eigenvalue weighted by atomic mass is 16.6. The van der Waals surface area contributed by atoms with Gasteiger partial charge in [0, 0.05) is 4.92 Å². The first-order valence-corrected chi connectivity index (χ1v) is 4.55. The lowest BCUT2D eigenvalue weighted by atomic mass is 10.1. The van der Waals surface area contributed by atoms with Crippen LogP contribution in [0.5, 0.6) is 0 Å². The lowest BCUT2D eigenvalue weighted by Gasteiger charge is -2.13. The third-order valence-electron chi connectivity index (χ3n) is 2.01. The molecule has 2 atom stereocenters. The molecule has 0 amide bonds. The molecule has 0 bridgehead atoms. The van der Waals surface area contributed by atoms with Gasteiger partial charge in [0.15, 0.2) is 0 Å². The Bertz CT molecular complexity index is 151. The SMILES string of the molecule is CCCCCC(O)C(CO)[N+](=O)[O-]. The molecular weight excluding hydrogens is 174 g/mol. The van der Waals surface area contributed by atoms with Crippen molar-refractivity contribution in [3.63, 3.8) is 0 Å². The van der Waals surface area contributed by atoms with Crippen molar-refractivity contribution in [2.24, 2.45) is 0 Å². The van der Waals surface area contributed by atoms with Gasteiger partial charge in [-0.2, -0.15) is 0 Å². The predicted molar refractivity (Wildman–Crippen MR) is 48.0 cm³/mol. The summed E-state index contributed by atoms with van der Waals surface area (Å²) in [4.78, 5) is 9.66. The first-order valence-electron chi connectivity index (χ1n) is 4.55. The van der Waals surface area contributed by atoms with Crippen molar-refractivity contribution in [1.29, 1.82) is 0 Å². The molecule has 13 heavy (non-hydrogen) atoms. The van der Waals surface area contributed by atoms with Crippen LogP contribution in [0.3, 0.4) is 0 Å². The Morgan fingerprint density at radius 3 is 2.46 bits per heavy atom. The van der Waals surface area contributed by atoms with Gasteiger partial charge >= 0.3 is 0 Å². The Kier molecular flexibility index (Phi) is 6.44. The number of aliphatic hydroxyl groups is 2. The zero-order valence-corrected chi connectivity index (χ0v) is 7.85. The summed E-state index contributed by atoms with van der Waals surface area (Å²) in [5, 5.41) is 28.2. The fourth-order valence-electron chi connectivity index (χ4n) is 1.12. The van der Waals surface area contributed by atoms with Gasteiger partial charge < -0.3 is 10.2 Å². The van der Waals surface area contributed by atoms with E-state index in [0.29, 0.717) is 6.42 Å². The Balaban J connectivity index is 3.77. The second kappa shape index (κ2) is 6.80. The van der Waals surface area contributed by atoms with E-state index in [2.05, 4.69) is 0 Å². The van der Waals surface area contributed by atoms with E-state index in [1.165, 1.54) is 0 Å². The Morgan fingerprint density at radius 1 is 1.46 bits per heavy atom. The van der Waals surface area contributed by atoms with Gasteiger partial charge in [-0.25, -0.2) is 0 Å². The molecule has 5 heteroatoms. The fourth-order valence-corrected chi connectivity index (χ4v) is 1.12. The largest absolute Gasteiger partial charge is 0.389 e. The van der Waals surface area contributed by atoms with Crippen LogP contribution in [-0.4, -0.2) is 33.9 Å². The summed E-state index contributed by atoms with van der Waals surface area (Å²) in [7, 11) is 0. The van der Waals surface area contributed by atoms with E-state index in [1.54, 1.807) is 0 Å². The third-order valence-corrected chi connectivity index (χ3v) is 2.01. The summed E-state index contributed by atoms with van der Waals surface area (Å²) >= 11 is 0. The van der Waals surface area contributed by atoms with Gasteiger partial charge in [-0.3, -0.25) is 10.1 Å². The second-order valence-electron chi connectivity index (χ2n) is 3.10. The Labute approximate surface area is 77.5 Å². The minimum atomic E-state index is -1.23. The van der Waals surface area contributed by atoms with E-state index in [4.69, 9.17) is 5.11 Å². The fraction of sp³-hybridized carbons (Fsp3) is 1.00. The van der Waals surface area contributed by atoms with Crippen molar-refractivity contribution in [3.8, 4) is 0 Å². The van der Waals surface area contributed by atoms with Crippen LogP contribution in [0.15, 0.2) is 0 Å². The van der Waals surface area contributed by atoms with Crippen molar-refractivity contribution in [2.45, 2.75) is 44.8 Å². The molecule has 0 aromatic rings. The van der Waals surface area contributed by atoms with Gasteiger partial charge in [0.25, 0.3) is 6.04 Å². The van der Waals surface area contributed by atoms with Crippen LogP contribution >= 0.6 is 0 Å². The molecule has 5 nitrogen and oxygen atoms in total. The van der Waals surface area contributed by atoms with E-state index >= 15 is 0 Å². The van der Waals surface area contributed by atoms with Crippen molar-refractivity contribution < 1.29 is 15.1 Å². The average molecular weight is 191 g/mol. The van der Waals surface area contributed by atoms with E-state index in [9.17, 15) is 15.2 Å². The second-order valence-corrected chi connectivity index (χ2v) is 3.10. The number of nitrogens with zero attached hydrogens (tertiary/aromatic N) is 1. The molecule has 0 fully saturated rings. The van der Waals surface area contributed by atoms with Gasteiger partial charge in [-0.1, -0.05) is 26.2 Å². The van der Waals surface area contributed by atoms with Crippen LogP contribution in [0, 0.1) is 10.1 Å². The molecule has 2 N–H and O–H groups in total. The maximum absolute atomic E-state index is 10.3. The highest BCUT2D eigenvalue weighted by molar-refractivity contribution is 4.66. The summed E-state index contributed by atoms with van der Waals surface area (Å²) in [6.45, 7) is 1.42. The summed E-state index contributed by atoms with van der Waals surface area (Å²) in [6.07, 6.45) is 2.09. The standard InChI is InChI=1S/C8H17NO4/c1-2-3-4-5-8(11)7(6-10)9(12)13/h7-8,10-11H,2-6H2,1H3. The van der Waals surface area contributed by atoms with Crippen LogP contribution in [0.25, 0.3) is 0 Å². The highest BCUT2D eigenvalue weighted by Gasteiger charge is 2.27. The van der Waals surface area contributed by atoms with Crippen LogP contribution < -0.4 is 0 Å². The Morgan fingerprint density at radius 2 is 2.08 bits per heavy atom. The minimum absolute atomic E-state index is 0.389. The minimum Gasteiger partial charge on any atom is -0.389 e. The number of rotatable bonds is 7. The van der Waals surface area contributed by atoms with Gasteiger partial charge in [0.05, 0.1) is 0 Å². The zero-order valence-electron chi connectivity index (χ0n) is 7.85. The molecule has 0 aliphatic heterocycles. The topological polar surface area (TPSA) is 83.6 Å². The number of unbranched alkanes of at least 4 members (excludes halogenated alkanes) is 2. The van der Waals surface area contributed by atoms with E-state index in [1.807, 2.05) is 6.92 Å². The average Bonchev–Trinajstić information content (AvgIpc) is 2.05. The summed E-state index contributed by atoms with van der Waals surface area (Å²) in [6, 6.07) is -1.23. The van der Waals surface area contributed by atoms with Crippen molar-refractivity contribution in [1.82, 2.24) is 0 Å². The lowest BCUT2D eigenvalue weighted by Crippen LogP contribution is -2.36. The molecule has 2 unspecified atom stereocenters. The number of aliphatic hydroxyl groups excluding tert-OH is 2. The smallest absolute Gasteiger partial charge is 0.261 e. The highest BCUT2D eigenvalue weighted by Crippen LogP contribution is 2.08. The van der Waals surface area contributed by atoms with E-state index < -0.39 is 23.7 Å². The van der Waals surface area contributed by atoms with Crippen molar-refractivity contribution in [2.75, 3.05) is 6.61 Å². The third kappa shape index (κ3) is 4.80. The molecule has 0 heterocycles. The predicted octanol–water partition coefficient (Wildman–Crippen LogP) is 0.565. The van der Waals surface area contributed by atoms with Gasteiger partial charge in [0.2, 0.25) is 0 Å². The van der Waals surface area contributed by atoms with Gasteiger partial charge in [-0.05, 0) is 6.42 Å². The summed E-state index contributed by atoms with van der Waals surface area (Å²) in [5.74, 6) is 0. The lowest BCUT2D eigenvalue weighted by molar-refractivity contribution is -0.537. The summed E-state index contributed by atoms with van der Waals surface area (Å²) < 4.78 is 0. The number of nitro groups is 1. The molecule has 78 valence electrons. The molecule has 0 saturated heterocycles. The first kappa shape index (κ1) is 12.3.